The Labute approximate surface area is 166 Å². The third-order valence-corrected chi connectivity index (χ3v) is 9.39. The van der Waals surface area contributed by atoms with Gasteiger partial charge in [-0.3, -0.25) is 0 Å². The Balaban J connectivity index is 1.58. The lowest BCUT2D eigenvalue weighted by atomic mass is 9.44. The summed E-state index contributed by atoms with van der Waals surface area (Å²) >= 11 is 0. The van der Waals surface area contributed by atoms with Crippen molar-refractivity contribution >= 4 is 0 Å². The molecule has 0 radical (unpaired) electrons. The Hall–Kier alpha value is -0.120. The van der Waals surface area contributed by atoms with E-state index in [1.807, 2.05) is 0 Å². The zero-order chi connectivity index (χ0) is 19.3. The third kappa shape index (κ3) is 3.30. The van der Waals surface area contributed by atoms with Crippen molar-refractivity contribution < 1.29 is 10.2 Å². The molecule has 0 unspecified atom stereocenters. The molecule has 4 aliphatic carbocycles. The molecule has 0 aromatic carbocycles. The normalized spacial score (nSPS) is 51.7. The summed E-state index contributed by atoms with van der Waals surface area (Å²) in [6.45, 7) is 5.69. The van der Waals surface area contributed by atoms with Crippen molar-refractivity contribution in [3.63, 3.8) is 0 Å². The van der Waals surface area contributed by atoms with Crippen LogP contribution in [0.4, 0.5) is 0 Å². The molecule has 3 N–H and O–H groups in total. The SMILES string of the molecule is CCCCC[C@H]1C[C@H](CNC)[C@@]2(C1)C[C@@H]1[C@H]2[C@@H](O)C[C@]2(C)CCC[C@@]1(O)C2. The largest absolute Gasteiger partial charge is 0.393 e. The predicted molar refractivity (Wildman–Crippen MR) is 110 cm³/mol. The number of hydrogen-bond acceptors (Lipinski definition) is 3. The fourth-order valence-corrected chi connectivity index (χ4v) is 8.47. The van der Waals surface area contributed by atoms with Crippen LogP contribution < -0.4 is 5.32 Å². The van der Waals surface area contributed by atoms with Gasteiger partial charge in [0.1, 0.15) is 0 Å². The second kappa shape index (κ2) is 7.29. The molecular weight excluding hydrogens is 334 g/mol. The van der Waals surface area contributed by atoms with E-state index in [0.717, 1.165) is 44.6 Å². The molecule has 0 aromatic heterocycles. The summed E-state index contributed by atoms with van der Waals surface area (Å²) < 4.78 is 0. The minimum atomic E-state index is -0.509. The highest BCUT2D eigenvalue weighted by Gasteiger charge is 2.69. The number of nitrogens with one attached hydrogen (secondary N) is 1. The molecule has 0 heterocycles. The molecule has 27 heavy (non-hydrogen) atoms. The quantitative estimate of drug-likeness (QED) is 0.597. The lowest BCUT2D eigenvalue weighted by molar-refractivity contribution is -0.205. The van der Waals surface area contributed by atoms with Gasteiger partial charge in [0.15, 0.2) is 0 Å². The summed E-state index contributed by atoms with van der Waals surface area (Å²) in [7, 11) is 2.08. The molecule has 3 heteroatoms. The smallest absolute Gasteiger partial charge is 0.0685 e. The van der Waals surface area contributed by atoms with Crippen LogP contribution in [0.15, 0.2) is 0 Å². The van der Waals surface area contributed by atoms with Crippen molar-refractivity contribution in [3.05, 3.63) is 0 Å². The molecule has 4 fully saturated rings. The van der Waals surface area contributed by atoms with Crippen molar-refractivity contribution in [2.45, 2.75) is 103 Å². The molecule has 3 nitrogen and oxygen atoms in total. The Morgan fingerprint density at radius 2 is 1.93 bits per heavy atom. The van der Waals surface area contributed by atoms with Gasteiger partial charge in [0.05, 0.1) is 11.7 Å². The van der Waals surface area contributed by atoms with E-state index in [4.69, 9.17) is 0 Å². The van der Waals surface area contributed by atoms with Crippen LogP contribution in [-0.4, -0.2) is 35.5 Å². The zero-order valence-electron chi connectivity index (χ0n) is 18.0. The molecule has 4 saturated carbocycles. The highest BCUT2D eigenvalue weighted by molar-refractivity contribution is 5.18. The molecule has 156 valence electrons. The van der Waals surface area contributed by atoms with Crippen LogP contribution in [0.3, 0.4) is 0 Å². The van der Waals surface area contributed by atoms with E-state index >= 15 is 0 Å². The highest BCUT2D eigenvalue weighted by atomic mass is 16.3. The van der Waals surface area contributed by atoms with Gasteiger partial charge in [-0.1, -0.05) is 46.0 Å². The average Bonchev–Trinajstić information content (AvgIpc) is 2.90. The van der Waals surface area contributed by atoms with Crippen LogP contribution in [0.1, 0.15) is 90.9 Å². The van der Waals surface area contributed by atoms with Crippen LogP contribution in [0.5, 0.6) is 0 Å². The van der Waals surface area contributed by atoms with Crippen molar-refractivity contribution in [2.75, 3.05) is 13.6 Å². The summed E-state index contributed by atoms with van der Waals surface area (Å²) in [6.07, 6.45) is 14.1. The monoisotopic (exact) mass is 377 g/mol. The van der Waals surface area contributed by atoms with E-state index in [2.05, 4.69) is 26.2 Å². The molecule has 0 aromatic rings. The molecular formula is C24H43NO2. The number of aliphatic hydroxyl groups excluding tert-OH is 1. The first-order chi connectivity index (χ1) is 12.9. The number of hydrogen-bond donors (Lipinski definition) is 3. The van der Waals surface area contributed by atoms with Crippen molar-refractivity contribution in [1.82, 2.24) is 5.32 Å². The number of unbranched alkanes of at least 4 members (excludes halogenated alkanes) is 2. The summed E-state index contributed by atoms with van der Waals surface area (Å²) in [5.41, 5.74) is -0.0823. The molecule has 4 aliphatic rings. The van der Waals surface area contributed by atoms with Crippen LogP contribution >= 0.6 is 0 Å². The average molecular weight is 378 g/mol. The van der Waals surface area contributed by atoms with E-state index in [-0.39, 0.29) is 16.9 Å². The Kier molecular flexibility index (Phi) is 5.44. The second-order valence-corrected chi connectivity index (χ2v) is 11.3. The van der Waals surface area contributed by atoms with Gasteiger partial charge in [-0.25, -0.2) is 0 Å². The number of aliphatic hydroxyl groups is 2. The predicted octanol–water partition coefficient (Wildman–Crippen LogP) is 4.51. The van der Waals surface area contributed by atoms with E-state index in [1.165, 1.54) is 44.9 Å². The van der Waals surface area contributed by atoms with Crippen LogP contribution in [0.25, 0.3) is 0 Å². The Morgan fingerprint density at radius 1 is 1.11 bits per heavy atom. The van der Waals surface area contributed by atoms with Gasteiger partial charge >= 0.3 is 0 Å². The summed E-state index contributed by atoms with van der Waals surface area (Å²) in [5.74, 6) is 2.18. The van der Waals surface area contributed by atoms with Gasteiger partial charge in [-0.2, -0.15) is 0 Å². The molecule has 8 atom stereocenters. The van der Waals surface area contributed by atoms with E-state index in [1.54, 1.807) is 0 Å². The van der Waals surface area contributed by atoms with Gasteiger partial charge in [0.25, 0.3) is 0 Å². The summed E-state index contributed by atoms with van der Waals surface area (Å²) in [4.78, 5) is 0. The van der Waals surface area contributed by atoms with Gasteiger partial charge in [0.2, 0.25) is 0 Å². The zero-order valence-corrected chi connectivity index (χ0v) is 18.0. The molecule has 2 bridgehead atoms. The standard InChI is InChI=1S/C24H43NO2/c1-4-5-6-8-17-11-18(15-25-3)23(12-17)13-19-21(23)20(26)14-22(2)9-7-10-24(19,27)16-22/h17-21,25-27H,4-16H2,1-3H3/t17-,18+,19+,20-,21-,22-,23+,24+/m0/s1. The molecule has 4 rings (SSSR count). The molecule has 0 amide bonds. The molecule has 0 saturated heterocycles. The summed E-state index contributed by atoms with van der Waals surface area (Å²) in [6, 6.07) is 0. The first-order valence-corrected chi connectivity index (χ1v) is 11.9. The van der Waals surface area contributed by atoms with Gasteiger partial charge in [-0.15, -0.1) is 0 Å². The van der Waals surface area contributed by atoms with Crippen LogP contribution in [0.2, 0.25) is 0 Å². The van der Waals surface area contributed by atoms with Gasteiger partial charge in [0, 0.05) is 0 Å². The van der Waals surface area contributed by atoms with E-state index < -0.39 is 5.60 Å². The van der Waals surface area contributed by atoms with Crippen LogP contribution in [-0.2, 0) is 0 Å². The van der Waals surface area contributed by atoms with Crippen molar-refractivity contribution in [2.24, 2.45) is 34.5 Å². The fraction of sp³-hybridized carbons (Fsp3) is 1.00. The first-order valence-electron chi connectivity index (χ1n) is 11.9. The number of fused-ring (bicyclic) bond motifs is 5. The lowest BCUT2D eigenvalue weighted by Gasteiger charge is -2.62. The minimum Gasteiger partial charge on any atom is -0.393 e. The highest BCUT2D eigenvalue weighted by Crippen LogP contribution is 2.71. The van der Waals surface area contributed by atoms with E-state index in [9.17, 15) is 10.2 Å². The lowest BCUT2D eigenvalue weighted by Crippen LogP contribution is -2.62. The summed E-state index contributed by atoms with van der Waals surface area (Å²) in [5, 5.41) is 26.5. The second-order valence-electron chi connectivity index (χ2n) is 11.3. The van der Waals surface area contributed by atoms with E-state index in [0.29, 0.717) is 17.8 Å². The fourth-order valence-electron chi connectivity index (χ4n) is 8.47. The van der Waals surface area contributed by atoms with Gasteiger partial charge in [-0.05, 0) is 93.0 Å². The van der Waals surface area contributed by atoms with Crippen LogP contribution in [0, 0.1) is 34.5 Å². The van der Waals surface area contributed by atoms with Crippen molar-refractivity contribution in [1.29, 1.82) is 0 Å². The molecule has 1 spiro atoms. The maximum Gasteiger partial charge on any atom is 0.0685 e. The topological polar surface area (TPSA) is 52.5 Å². The Morgan fingerprint density at radius 3 is 2.67 bits per heavy atom. The maximum atomic E-state index is 11.6. The Bertz CT molecular complexity index is 538. The van der Waals surface area contributed by atoms with Gasteiger partial charge < -0.3 is 15.5 Å². The maximum absolute atomic E-state index is 11.6. The third-order valence-electron chi connectivity index (χ3n) is 9.39. The number of rotatable bonds is 6. The van der Waals surface area contributed by atoms with Crippen molar-refractivity contribution in [3.8, 4) is 0 Å². The first kappa shape index (κ1) is 20.2. The molecule has 0 aliphatic heterocycles. The minimum absolute atomic E-state index is 0.141.